The Labute approximate surface area is 206 Å². The molecule has 2 atom stereocenters. The Morgan fingerprint density at radius 1 is 1.06 bits per heavy atom. The second-order valence-corrected chi connectivity index (χ2v) is 9.25. The van der Waals surface area contributed by atoms with E-state index in [4.69, 9.17) is 11.0 Å². The fourth-order valence-corrected chi connectivity index (χ4v) is 4.81. The van der Waals surface area contributed by atoms with Gasteiger partial charge in [0.25, 0.3) is 5.91 Å². The Balaban J connectivity index is 1.57. The van der Waals surface area contributed by atoms with Crippen LogP contribution in [0.25, 0.3) is 16.9 Å². The Morgan fingerprint density at radius 3 is 2.56 bits per heavy atom. The van der Waals surface area contributed by atoms with Crippen molar-refractivity contribution in [2.45, 2.75) is 31.5 Å². The lowest BCUT2D eigenvalue weighted by Crippen LogP contribution is -2.45. The van der Waals surface area contributed by atoms with Gasteiger partial charge in [0.1, 0.15) is 23.7 Å². The highest BCUT2D eigenvalue weighted by molar-refractivity contribution is 5.93. The molecule has 0 aliphatic carbocycles. The molecule has 2 fully saturated rings. The standard InChI is InChI=1S/C26H25F3N6O/c27-18-7-9-33(14-18)20-5-6-24(22(29)11-20)35-25(16-3-4-17(13-30)21(28)10-16)12-23(32-35)26(36)34-8-1-2-19(31)15-34/h3-6,10-12,18-19H,1-2,7-9,14-15,31H2. The summed E-state index contributed by atoms with van der Waals surface area (Å²) < 4.78 is 44.7. The number of nitrogens with two attached hydrogens (primary N) is 1. The van der Waals surface area contributed by atoms with Gasteiger partial charge in [-0.1, -0.05) is 6.07 Å². The number of nitrogens with zero attached hydrogens (tertiary/aromatic N) is 5. The van der Waals surface area contributed by atoms with Crippen LogP contribution >= 0.6 is 0 Å². The number of carbonyl (C=O) groups is 1. The number of likely N-dealkylation sites (tertiary alicyclic amines) is 1. The summed E-state index contributed by atoms with van der Waals surface area (Å²) in [6.45, 7) is 1.62. The van der Waals surface area contributed by atoms with Gasteiger partial charge in [-0.05, 0) is 55.7 Å². The van der Waals surface area contributed by atoms with Crippen molar-refractivity contribution in [3.05, 3.63) is 65.4 Å². The van der Waals surface area contributed by atoms with Gasteiger partial charge in [0.2, 0.25) is 0 Å². The van der Waals surface area contributed by atoms with E-state index in [2.05, 4.69) is 5.10 Å². The monoisotopic (exact) mass is 494 g/mol. The van der Waals surface area contributed by atoms with Gasteiger partial charge in [0, 0.05) is 43.5 Å². The van der Waals surface area contributed by atoms with Crippen molar-refractivity contribution < 1.29 is 18.0 Å². The minimum absolute atomic E-state index is 0.0592. The van der Waals surface area contributed by atoms with E-state index in [-0.39, 0.29) is 35.4 Å². The number of hydrogen-bond acceptors (Lipinski definition) is 5. The maximum absolute atomic E-state index is 15.4. The molecule has 0 bridgehead atoms. The van der Waals surface area contributed by atoms with Gasteiger partial charge in [-0.25, -0.2) is 17.9 Å². The molecule has 0 spiro atoms. The third kappa shape index (κ3) is 4.54. The highest BCUT2D eigenvalue weighted by atomic mass is 19.1. The Hall–Kier alpha value is -3.84. The zero-order chi connectivity index (χ0) is 25.4. The van der Waals surface area contributed by atoms with Crippen molar-refractivity contribution in [3.63, 3.8) is 0 Å². The van der Waals surface area contributed by atoms with Crippen LogP contribution in [-0.2, 0) is 0 Å². The molecule has 0 saturated carbocycles. The summed E-state index contributed by atoms with van der Waals surface area (Å²) in [4.78, 5) is 16.6. The number of amides is 1. The average molecular weight is 495 g/mol. The van der Waals surface area contributed by atoms with Gasteiger partial charge >= 0.3 is 0 Å². The summed E-state index contributed by atoms with van der Waals surface area (Å²) >= 11 is 0. The van der Waals surface area contributed by atoms with E-state index in [0.29, 0.717) is 43.0 Å². The van der Waals surface area contributed by atoms with Crippen molar-refractivity contribution in [1.29, 1.82) is 5.26 Å². The molecule has 3 aromatic rings. The SMILES string of the molecule is N#Cc1ccc(-c2cc(C(=O)N3CCCC(N)C3)nn2-c2ccc(N3CCC(F)C3)cc2F)cc1F. The van der Waals surface area contributed by atoms with Crippen molar-refractivity contribution in [2.24, 2.45) is 5.73 Å². The number of rotatable bonds is 4. The first-order valence-corrected chi connectivity index (χ1v) is 11.9. The van der Waals surface area contributed by atoms with Gasteiger partial charge in [-0.3, -0.25) is 4.79 Å². The molecule has 3 heterocycles. The van der Waals surface area contributed by atoms with Crippen LogP contribution in [0.1, 0.15) is 35.3 Å². The summed E-state index contributed by atoms with van der Waals surface area (Å²) in [5.41, 5.74) is 7.21. The molecule has 10 heteroatoms. The molecule has 186 valence electrons. The van der Waals surface area contributed by atoms with Crippen molar-refractivity contribution in [3.8, 4) is 23.0 Å². The van der Waals surface area contributed by atoms with Crippen molar-refractivity contribution in [2.75, 3.05) is 31.1 Å². The number of aromatic nitrogens is 2. The predicted molar refractivity (Wildman–Crippen MR) is 128 cm³/mol. The molecule has 2 aliphatic rings. The average Bonchev–Trinajstić information content (AvgIpc) is 3.50. The van der Waals surface area contributed by atoms with Crippen LogP contribution in [0.15, 0.2) is 42.5 Å². The molecular formula is C26H25F3N6O. The van der Waals surface area contributed by atoms with Crippen molar-refractivity contribution in [1.82, 2.24) is 14.7 Å². The van der Waals surface area contributed by atoms with E-state index in [1.165, 1.54) is 35.0 Å². The molecular weight excluding hydrogens is 469 g/mol. The number of anilines is 1. The molecule has 2 aliphatic heterocycles. The maximum Gasteiger partial charge on any atom is 0.274 e. The third-order valence-electron chi connectivity index (χ3n) is 6.71. The van der Waals surface area contributed by atoms with Gasteiger partial charge in [-0.2, -0.15) is 10.4 Å². The number of benzene rings is 2. The van der Waals surface area contributed by atoms with E-state index < -0.39 is 17.8 Å². The topological polar surface area (TPSA) is 91.2 Å². The zero-order valence-corrected chi connectivity index (χ0v) is 19.5. The Kier molecular flexibility index (Phi) is 6.41. The fraction of sp³-hybridized carbons (Fsp3) is 0.346. The molecule has 2 saturated heterocycles. The molecule has 7 nitrogen and oxygen atoms in total. The smallest absolute Gasteiger partial charge is 0.274 e. The molecule has 0 radical (unpaired) electrons. The lowest BCUT2D eigenvalue weighted by atomic mass is 10.1. The van der Waals surface area contributed by atoms with Crippen LogP contribution < -0.4 is 10.6 Å². The third-order valence-corrected chi connectivity index (χ3v) is 6.71. The molecule has 5 rings (SSSR count). The zero-order valence-electron chi connectivity index (χ0n) is 19.5. The van der Waals surface area contributed by atoms with E-state index in [9.17, 15) is 13.6 Å². The molecule has 2 unspecified atom stereocenters. The highest BCUT2D eigenvalue weighted by Gasteiger charge is 2.27. The molecule has 2 N–H and O–H groups in total. The summed E-state index contributed by atoms with van der Waals surface area (Å²) in [6.07, 6.45) is 1.04. The predicted octanol–water partition coefficient (Wildman–Crippen LogP) is 3.80. The van der Waals surface area contributed by atoms with Crippen LogP contribution in [0.5, 0.6) is 0 Å². The summed E-state index contributed by atoms with van der Waals surface area (Å²) in [6, 6.07) is 11.6. The Bertz CT molecular complexity index is 1350. The molecule has 36 heavy (non-hydrogen) atoms. The number of alkyl halides is 1. The van der Waals surface area contributed by atoms with E-state index in [0.717, 1.165) is 18.9 Å². The summed E-state index contributed by atoms with van der Waals surface area (Å²) in [5.74, 6) is -1.70. The second kappa shape index (κ2) is 9.66. The van der Waals surface area contributed by atoms with Crippen molar-refractivity contribution >= 4 is 11.6 Å². The van der Waals surface area contributed by atoms with Crippen LogP contribution in [0.4, 0.5) is 18.9 Å². The fourth-order valence-electron chi connectivity index (χ4n) is 4.81. The first-order chi connectivity index (χ1) is 17.3. The minimum atomic E-state index is -0.951. The van der Waals surface area contributed by atoms with E-state index in [1.807, 2.05) is 0 Å². The number of hydrogen-bond donors (Lipinski definition) is 1. The molecule has 1 aromatic heterocycles. The molecule has 2 aromatic carbocycles. The minimum Gasteiger partial charge on any atom is -0.368 e. The second-order valence-electron chi connectivity index (χ2n) is 9.25. The summed E-state index contributed by atoms with van der Waals surface area (Å²) in [5, 5.41) is 13.5. The van der Waals surface area contributed by atoms with Gasteiger partial charge < -0.3 is 15.5 Å². The van der Waals surface area contributed by atoms with E-state index >= 15 is 4.39 Å². The quantitative estimate of drug-likeness (QED) is 0.596. The number of halogens is 3. The number of nitriles is 1. The highest BCUT2D eigenvalue weighted by Crippen LogP contribution is 2.30. The van der Waals surface area contributed by atoms with Crippen LogP contribution in [0, 0.1) is 23.0 Å². The van der Waals surface area contributed by atoms with E-state index in [1.54, 1.807) is 21.9 Å². The molecule has 1 amide bonds. The van der Waals surface area contributed by atoms with Gasteiger partial charge in [-0.15, -0.1) is 0 Å². The lowest BCUT2D eigenvalue weighted by molar-refractivity contribution is 0.0702. The summed E-state index contributed by atoms with van der Waals surface area (Å²) in [7, 11) is 0. The first-order valence-electron chi connectivity index (χ1n) is 11.9. The largest absolute Gasteiger partial charge is 0.368 e. The van der Waals surface area contributed by atoms with Gasteiger partial charge in [0.05, 0.1) is 11.3 Å². The first kappa shape index (κ1) is 23.9. The van der Waals surface area contributed by atoms with Crippen LogP contribution in [0.2, 0.25) is 0 Å². The van der Waals surface area contributed by atoms with Gasteiger partial charge in [0.15, 0.2) is 11.5 Å². The number of piperidine rings is 1. The normalized spacial score (nSPS) is 20.0. The maximum atomic E-state index is 15.4. The van der Waals surface area contributed by atoms with Crippen LogP contribution in [0.3, 0.4) is 0 Å². The lowest BCUT2D eigenvalue weighted by Gasteiger charge is -2.30. The number of carbonyl (C=O) groups excluding carboxylic acids is 1. The van der Waals surface area contributed by atoms with Crippen LogP contribution in [-0.4, -0.2) is 59.0 Å². The Morgan fingerprint density at radius 2 is 1.89 bits per heavy atom.